The number of aryl methyl sites for hydroxylation is 6. The van der Waals surface area contributed by atoms with Crippen LogP contribution >= 0.6 is 0 Å². The van der Waals surface area contributed by atoms with Crippen LogP contribution in [0.15, 0.2) is 146 Å². The van der Waals surface area contributed by atoms with Gasteiger partial charge in [-0.3, -0.25) is 0 Å². The second-order valence-electron chi connectivity index (χ2n) is 24.0. The zero-order valence-corrected chi connectivity index (χ0v) is 43.1. The molecule has 4 fully saturated rings. The van der Waals surface area contributed by atoms with Gasteiger partial charge in [-0.25, -0.2) is 0 Å². The first-order valence-electron chi connectivity index (χ1n) is 27.0. The Kier molecular flexibility index (Phi) is 9.49. The molecular formula is C70H65B. The minimum Gasteiger partial charge on any atom is -0.0680 e. The molecule has 0 heterocycles. The van der Waals surface area contributed by atoms with E-state index in [9.17, 15) is 0 Å². The Bertz CT molecular complexity index is 3410. The molecule has 0 spiro atoms. The lowest BCUT2D eigenvalue weighted by molar-refractivity contribution is -0.0282. The summed E-state index contributed by atoms with van der Waals surface area (Å²) in [5, 5.41) is 0. The maximum absolute atomic E-state index is 2.74. The van der Waals surface area contributed by atoms with Gasteiger partial charge in [-0.1, -0.05) is 203 Å². The Hall–Kier alpha value is -6.44. The number of fused-ring (bicyclic) bond motifs is 1. The van der Waals surface area contributed by atoms with Gasteiger partial charge in [0.1, 0.15) is 0 Å². The van der Waals surface area contributed by atoms with Crippen LogP contribution in [0.3, 0.4) is 0 Å². The van der Waals surface area contributed by atoms with Crippen LogP contribution in [0.1, 0.15) is 148 Å². The van der Waals surface area contributed by atoms with E-state index in [1.54, 1.807) is 22.3 Å². The van der Waals surface area contributed by atoms with Crippen molar-refractivity contribution in [1.82, 2.24) is 0 Å². The monoisotopic (exact) mass is 917 g/mol. The van der Waals surface area contributed by atoms with Gasteiger partial charge in [0.2, 0.25) is 6.71 Å². The molecule has 0 aromatic heterocycles. The molecule has 7 aliphatic carbocycles. The summed E-state index contributed by atoms with van der Waals surface area (Å²) in [5.41, 5.74) is 36.1. The van der Waals surface area contributed by atoms with E-state index in [1.807, 2.05) is 0 Å². The molecule has 0 radical (unpaired) electrons. The van der Waals surface area contributed by atoms with Gasteiger partial charge in [0.25, 0.3) is 0 Å². The Morgan fingerprint density at radius 3 is 1.44 bits per heavy atom. The van der Waals surface area contributed by atoms with E-state index < -0.39 is 0 Å². The van der Waals surface area contributed by atoms with E-state index >= 15 is 0 Å². The molecular weight excluding hydrogens is 852 g/mol. The highest BCUT2D eigenvalue weighted by molar-refractivity contribution is 6.96. The van der Waals surface area contributed by atoms with Crippen LogP contribution in [-0.4, -0.2) is 6.71 Å². The molecule has 348 valence electrons. The van der Waals surface area contributed by atoms with E-state index in [0.717, 1.165) is 11.8 Å². The van der Waals surface area contributed by atoms with E-state index in [1.165, 1.54) is 155 Å². The Morgan fingerprint density at radius 2 is 0.901 bits per heavy atom. The molecule has 0 amide bonds. The minimum absolute atomic E-state index is 0.147. The summed E-state index contributed by atoms with van der Waals surface area (Å²) in [6.45, 7) is 18.8. The Balaban J connectivity index is 0.804. The SMILES string of the molecule is Cc1cc(C)c(B(c2cccc(-c3cccc(-c4ccc(C56CC7CC(C5)CC(c5cc8c9c(c5)C(C)c5cccc%10c5C(=C9)c5c-%10cccc5C8C)(C7)C6)cc4)c3)c2)c2c(C)cc(C)cc2C)c(C)c1. The normalized spacial score (nSPS) is 23.6. The van der Waals surface area contributed by atoms with Crippen LogP contribution in [-0.2, 0) is 10.8 Å². The van der Waals surface area contributed by atoms with Gasteiger partial charge in [0.05, 0.1) is 0 Å². The third-order valence-electron chi connectivity index (χ3n) is 19.4. The Morgan fingerprint density at radius 1 is 0.437 bits per heavy atom. The van der Waals surface area contributed by atoms with Crippen molar-refractivity contribution >= 4 is 34.8 Å². The molecule has 6 bridgehead atoms. The molecule has 0 aliphatic heterocycles. The first kappa shape index (κ1) is 43.4. The van der Waals surface area contributed by atoms with Crippen molar-refractivity contribution in [2.45, 2.75) is 117 Å². The minimum atomic E-state index is 0.147. The largest absolute Gasteiger partial charge is 0.242 e. The van der Waals surface area contributed by atoms with Gasteiger partial charge in [-0.15, -0.1) is 0 Å². The Labute approximate surface area is 423 Å². The van der Waals surface area contributed by atoms with E-state index in [2.05, 4.69) is 207 Å². The van der Waals surface area contributed by atoms with E-state index in [0.29, 0.717) is 11.8 Å². The average Bonchev–Trinajstić information content (AvgIpc) is 3.53. The molecule has 8 aromatic carbocycles. The fourth-order valence-electron chi connectivity index (χ4n) is 17.1. The van der Waals surface area contributed by atoms with Crippen LogP contribution in [0.2, 0.25) is 0 Å². The van der Waals surface area contributed by atoms with Gasteiger partial charge in [-0.2, -0.15) is 0 Å². The van der Waals surface area contributed by atoms with Crippen molar-refractivity contribution in [1.29, 1.82) is 0 Å². The molecule has 4 unspecified atom stereocenters. The van der Waals surface area contributed by atoms with Crippen LogP contribution in [0.25, 0.3) is 45.0 Å². The summed E-state index contributed by atoms with van der Waals surface area (Å²) in [7, 11) is 0. The van der Waals surface area contributed by atoms with Crippen molar-refractivity contribution in [2.24, 2.45) is 11.8 Å². The summed E-state index contributed by atoms with van der Waals surface area (Å²) >= 11 is 0. The fraction of sp³-hybridized carbons (Fsp3) is 0.286. The number of hydrogen-bond donors (Lipinski definition) is 0. The zero-order chi connectivity index (χ0) is 48.2. The number of benzene rings is 8. The lowest BCUT2D eigenvalue weighted by atomic mass is 9.34. The molecule has 8 aromatic rings. The summed E-state index contributed by atoms with van der Waals surface area (Å²) in [6.07, 6.45) is 10.7. The maximum Gasteiger partial charge on any atom is 0.242 e. The highest BCUT2D eigenvalue weighted by Crippen LogP contribution is 2.67. The van der Waals surface area contributed by atoms with Gasteiger partial charge in [0.15, 0.2) is 0 Å². The first-order valence-corrected chi connectivity index (χ1v) is 27.0. The smallest absolute Gasteiger partial charge is 0.0680 e. The molecule has 4 saturated carbocycles. The molecule has 0 saturated heterocycles. The third kappa shape index (κ3) is 6.43. The lowest BCUT2D eigenvalue weighted by Gasteiger charge is -2.63. The quantitative estimate of drug-likeness (QED) is 0.140. The highest BCUT2D eigenvalue weighted by Gasteiger charge is 2.59. The van der Waals surface area contributed by atoms with Crippen molar-refractivity contribution in [3.8, 4) is 33.4 Å². The van der Waals surface area contributed by atoms with Crippen molar-refractivity contribution in [3.63, 3.8) is 0 Å². The van der Waals surface area contributed by atoms with E-state index in [-0.39, 0.29) is 17.5 Å². The summed E-state index contributed by atoms with van der Waals surface area (Å²) < 4.78 is 0. The van der Waals surface area contributed by atoms with Crippen molar-refractivity contribution < 1.29 is 0 Å². The molecule has 1 heteroatoms. The topological polar surface area (TPSA) is 0 Å². The molecule has 71 heavy (non-hydrogen) atoms. The highest BCUT2D eigenvalue weighted by atomic mass is 14.6. The summed E-state index contributed by atoms with van der Waals surface area (Å²) in [5.74, 6) is 2.27. The second kappa shape index (κ2) is 15.5. The molecule has 15 rings (SSSR count). The van der Waals surface area contributed by atoms with E-state index in [4.69, 9.17) is 0 Å². The fourth-order valence-corrected chi connectivity index (χ4v) is 17.1. The van der Waals surface area contributed by atoms with Crippen LogP contribution < -0.4 is 16.4 Å². The van der Waals surface area contributed by atoms with Crippen LogP contribution in [0.5, 0.6) is 0 Å². The average molecular weight is 917 g/mol. The van der Waals surface area contributed by atoms with Crippen LogP contribution in [0.4, 0.5) is 0 Å². The second-order valence-corrected chi connectivity index (χ2v) is 24.0. The van der Waals surface area contributed by atoms with Crippen molar-refractivity contribution in [2.75, 3.05) is 0 Å². The molecule has 4 atom stereocenters. The zero-order valence-electron chi connectivity index (χ0n) is 43.1. The standard InChI is InChI=1S/C70H65B/c1-40-25-42(3)67(43(4)26-40)71(68-44(5)27-41(2)28-45(68)6)56-16-10-15-53(31-56)52-14-9-13-51(30-52)50-21-23-54(24-22-50)69-35-48-29-49(36-69)38-70(37-48,39-69)55-32-61-46(7)57-17-11-19-59-60-20-12-18-58-47(8)62(33-55)63(61)34-64(65(57)59)66(58)60/h9-28,30-34,46-49H,29,35-39H2,1-8H3. The number of hydrogen-bond acceptors (Lipinski definition) is 0. The maximum atomic E-state index is 2.74. The first-order chi connectivity index (χ1) is 34.3. The molecule has 7 aliphatic rings. The summed E-state index contributed by atoms with van der Waals surface area (Å²) in [6, 6.07) is 58.0. The van der Waals surface area contributed by atoms with Gasteiger partial charge >= 0.3 is 0 Å². The van der Waals surface area contributed by atoms with Gasteiger partial charge in [-0.05, 0) is 204 Å². The van der Waals surface area contributed by atoms with Crippen molar-refractivity contribution in [3.05, 3.63) is 229 Å². The lowest BCUT2D eigenvalue weighted by Crippen LogP contribution is -2.56. The van der Waals surface area contributed by atoms with Gasteiger partial charge < -0.3 is 0 Å². The predicted molar refractivity (Wildman–Crippen MR) is 302 cm³/mol. The third-order valence-corrected chi connectivity index (χ3v) is 19.4. The predicted octanol–water partition coefficient (Wildman–Crippen LogP) is 15.7. The van der Waals surface area contributed by atoms with Gasteiger partial charge in [0, 0.05) is 11.8 Å². The summed E-state index contributed by atoms with van der Waals surface area (Å²) in [4.78, 5) is 0. The molecule has 0 N–H and O–H groups in total. The molecule has 0 nitrogen and oxygen atoms in total. The number of rotatable bonds is 7. The van der Waals surface area contributed by atoms with Crippen LogP contribution in [0, 0.1) is 53.4 Å².